The molecule has 0 atom stereocenters. The Morgan fingerprint density at radius 1 is 1.35 bits per heavy atom. The molecule has 0 fully saturated rings. The molecule has 0 aliphatic carbocycles. The van der Waals surface area contributed by atoms with Crippen molar-refractivity contribution in [3.63, 3.8) is 0 Å². The molecule has 90 valence electrons. The van der Waals surface area contributed by atoms with Crippen LogP contribution in [-0.2, 0) is 7.05 Å². The molecule has 2 rings (SSSR count). The average Bonchev–Trinajstić information content (AvgIpc) is 2.73. The molecule has 6 heteroatoms. The summed E-state index contributed by atoms with van der Waals surface area (Å²) < 4.78 is 1.96. The molecule has 0 saturated heterocycles. The molecule has 0 spiro atoms. The smallest absolute Gasteiger partial charge is 0.191 e. The zero-order valence-corrected chi connectivity index (χ0v) is 10.5. The molecule has 0 saturated carbocycles. The third kappa shape index (κ3) is 2.83. The van der Waals surface area contributed by atoms with Gasteiger partial charge in [0, 0.05) is 19.0 Å². The third-order valence-corrected chi connectivity index (χ3v) is 3.42. The Morgan fingerprint density at radius 3 is 2.94 bits per heavy atom. The van der Waals surface area contributed by atoms with Gasteiger partial charge < -0.3 is 10.3 Å². The van der Waals surface area contributed by atoms with Crippen LogP contribution >= 0.6 is 11.8 Å². The summed E-state index contributed by atoms with van der Waals surface area (Å²) in [7, 11) is 1.95. The maximum Gasteiger partial charge on any atom is 0.191 e. The van der Waals surface area contributed by atoms with Gasteiger partial charge in [-0.1, -0.05) is 17.8 Å². The fraction of sp³-hybridized carbons (Fsp3) is 0.364. The number of nitrogens with zero attached hydrogens (tertiary/aromatic N) is 4. The van der Waals surface area contributed by atoms with Crippen molar-refractivity contribution in [1.82, 2.24) is 19.7 Å². The van der Waals surface area contributed by atoms with Gasteiger partial charge >= 0.3 is 0 Å². The Morgan fingerprint density at radius 2 is 2.24 bits per heavy atom. The average molecular weight is 249 g/mol. The molecule has 0 radical (unpaired) electrons. The van der Waals surface area contributed by atoms with E-state index in [2.05, 4.69) is 15.2 Å². The lowest BCUT2D eigenvalue weighted by Gasteiger charge is -2.02. The number of thioether (sulfide) groups is 1. The highest BCUT2D eigenvalue weighted by molar-refractivity contribution is 7.99. The van der Waals surface area contributed by atoms with Crippen molar-refractivity contribution in [2.24, 2.45) is 12.8 Å². The second-order valence-corrected chi connectivity index (χ2v) is 4.63. The lowest BCUT2D eigenvalue weighted by atomic mass is 10.3. The van der Waals surface area contributed by atoms with E-state index < -0.39 is 0 Å². The zero-order chi connectivity index (χ0) is 12.1. The zero-order valence-electron chi connectivity index (χ0n) is 9.71. The fourth-order valence-electron chi connectivity index (χ4n) is 1.41. The minimum absolute atomic E-state index is 0.706. The molecular weight excluding hydrogens is 234 g/mol. The highest BCUT2D eigenvalue weighted by Crippen LogP contribution is 2.21. The summed E-state index contributed by atoms with van der Waals surface area (Å²) in [4.78, 5) is 4.27. The van der Waals surface area contributed by atoms with Crippen LogP contribution < -0.4 is 5.73 Å². The normalized spacial score (nSPS) is 10.7. The summed E-state index contributed by atoms with van der Waals surface area (Å²) in [6.45, 7) is 0.706. The Hall–Kier alpha value is -1.40. The molecule has 0 bridgehead atoms. The van der Waals surface area contributed by atoms with Gasteiger partial charge in [0.05, 0.1) is 0 Å². The maximum absolute atomic E-state index is 5.46. The van der Waals surface area contributed by atoms with Crippen LogP contribution in [0, 0.1) is 0 Å². The van der Waals surface area contributed by atoms with Gasteiger partial charge in [-0.15, -0.1) is 10.2 Å². The van der Waals surface area contributed by atoms with Gasteiger partial charge in [-0.25, -0.2) is 0 Å². The number of rotatable bonds is 5. The minimum Gasteiger partial charge on any atom is -0.330 e. The van der Waals surface area contributed by atoms with E-state index in [0.29, 0.717) is 6.54 Å². The van der Waals surface area contributed by atoms with Gasteiger partial charge in [0.15, 0.2) is 11.0 Å². The number of nitrogens with two attached hydrogens (primary N) is 1. The van der Waals surface area contributed by atoms with Gasteiger partial charge in [0.1, 0.15) is 5.69 Å². The van der Waals surface area contributed by atoms with Crippen molar-refractivity contribution in [2.75, 3.05) is 12.3 Å². The standard InChI is InChI=1S/C11H15N5S/c1-16-10(9-5-2-3-7-13-9)14-15-11(16)17-8-4-6-12/h2-3,5,7H,4,6,8,12H2,1H3. The Balaban J connectivity index is 2.15. The van der Waals surface area contributed by atoms with E-state index in [0.717, 1.165) is 28.8 Å². The Bertz CT molecular complexity index is 468. The quantitative estimate of drug-likeness (QED) is 0.639. The number of hydrogen-bond donors (Lipinski definition) is 1. The van der Waals surface area contributed by atoms with Gasteiger partial charge in [-0.2, -0.15) is 0 Å². The summed E-state index contributed by atoms with van der Waals surface area (Å²) in [6, 6.07) is 5.76. The van der Waals surface area contributed by atoms with Crippen LogP contribution in [0.1, 0.15) is 6.42 Å². The first kappa shape index (κ1) is 12.1. The van der Waals surface area contributed by atoms with Gasteiger partial charge in [0.25, 0.3) is 0 Å². The summed E-state index contributed by atoms with van der Waals surface area (Å²) in [5.41, 5.74) is 6.30. The molecule has 0 aliphatic rings. The van der Waals surface area contributed by atoms with Crippen LogP contribution in [0.3, 0.4) is 0 Å². The predicted molar refractivity (Wildman–Crippen MR) is 68.6 cm³/mol. The van der Waals surface area contributed by atoms with Crippen LogP contribution in [-0.4, -0.2) is 32.0 Å². The molecule has 0 aromatic carbocycles. The predicted octanol–water partition coefficient (Wildman–Crippen LogP) is 1.32. The number of pyridine rings is 1. The summed E-state index contributed by atoms with van der Waals surface area (Å²) >= 11 is 1.67. The Kier molecular flexibility index (Phi) is 4.11. The van der Waals surface area contributed by atoms with Crippen molar-refractivity contribution in [3.8, 4) is 11.5 Å². The molecule has 0 aliphatic heterocycles. The van der Waals surface area contributed by atoms with Crippen LogP contribution in [0.4, 0.5) is 0 Å². The molecule has 2 heterocycles. The monoisotopic (exact) mass is 249 g/mol. The molecule has 0 unspecified atom stereocenters. The van der Waals surface area contributed by atoms with Crippen LogP contribution in [0.15, 0.2) is 29.6 Å². The molecule has 5 nitrogen and oxygen atoms in total. The van der Waals surface area contributed by atoms with Gasteiger partial charge in [0.2, 0.25) is 0 Å². The summed E-state index contributed by atoms with van der Waals surface area (Å²) in [5.74, 6) is 1.76. The third-order valence-electron chi connectivity index (χ3n) is 2.31. The van der Waals surface area contributed by atoms with Gasteiger partial charge in [-0.3, -0.25) is 4.98 Å². The number of aromatic nitrogens is 4. The molecule has 17 heavy (non-hydrogen) atoms. The van der Waals surface area contributed by atoms with E-state index >= 15 is 0 Å². The van der Waals surface area contributed by atoms with Crippen molar-refractivity contribution in [1.29, 1.82) is 0 Å². The van der Waals surface area contributed by atoms with Crippen LogP contribution in [0.5, 0.6) is 0 Å². The van der Waals surface area contributed by atoms with Crippen molar-refractivity contribution < 1.29 is 0 Å². The highest BCUT2D eigenvalue weighted by Gasteiger charge is 2.11. The minimum atomic E-state index is 0.706. The molecular formula is C11H15N5S. The second kappa shape index (κ2) is 5.79. The first-order valence-corrected chi connectivity index (χ1v) is 6.45. The second-order valence-electron chi connectivity index (χ2n) is 3.57. The fourth-order valence-corrected chi connectivity index (χ4v) is 2.28. The van der Waals surface area contributed by atoms with E-state index in [1.165, 1.54) is 0 Å². The summed E-state index contributed by atoms with van der Waals surface area (Å²) in [5, 5.41) is 9.22. The van der Waals surface area contributed by atoms with E-state index in [9.17, 15) is 0 Å². The highest BCUT2D eigenvalue weighted by atomic mass is 32.2. The van der Waals surface area contributed by atoms with E-state index in [1.807, 2.05) is 29.8 Å². The van der Waals surface area contributed by atoms with Crippen molar-refractivity contribution in [3.05, 3.63) is 24.4 Å². The lowest BCUT2D eigenvalue weighted by Crippen LogP contribution is -2.01. The molecule has 2 N–H and O–H groups in total. The first-order valence-electron chi connectivity index (χ1n) is 5.46. The van der Waals surface area contributed by atoms with E-state index in [1.54, 1.807) is 18.0 Å². The first-order chi connectivity index (χ1) is 8.33. The van der Waals surface area contributed by atoms with Crippen molar-refractivity contribution >= 4 is 11.8 Å². The Labute approximate surface area is 104 Å². The van der Waals surface area contributed by atoms with Gasteiger partial charge in [-0.05, 0) is 25.1 Å². The van der Waals surface area contributed by atoms with E-state index in [-0.39, 0.29) is 0 Å². The van der Waals surface area contributed by atoms with Crippen LogP contribution in [0.2, 0.25) is 0 Å². The molecule has 2 aromatic heterocycles. The van der Waals surface area contributed by atoms with Crippen molar-refractivity contribution in [2.45, 2.75) is 11.6 Å². The lowest BCUT2D eigenvalue weighted by molar-refractivity contribution is 0.790. The number of hydrogen-bond acceptors (Lipinski definition) is 5. The SMILES string of the molecule is Cn1c(SCCCN)nnc1-c1ccccn1. The molecule has 2 aromatic rings. The van der Waals surface area contributed by atoms with Crippen LogP contribution in [0.25, 0.3) is 11.5 Å². The maximum atomic E-state index is 5.46. The molecule has 0 amide bonds. The largest absolute Gasteiger partial charge is 0.330 e. The van der Waals surface area contributed by atoms with E-state index in [4.69, 9.17) is 5.73 Å². The summed E-state index contributed by atoms with van der Waals surface area (Å²) in [6.07, 6.45) is 2.74. The topological polar surface area (TPSA) is 69.6 Å².